The summed E-state index contributed by atoms with van der Waals surface area (Å²) in [5.41, 5.74) is 0.640. The van der Waals surface area contributed by atoms with Crippen LogP contribution in [0.25, 0.3) is 10.6 Å². The van der Waals surface area contributed by atoms with Crippen molar-refractivity contribution in [1.82, 2.24) is 4.98 Å². The van der Waals surface area contributed by atoms with Gasteiger partial charge in [0.15, 0.2) is 0 Å². The molecule has 0 saturated heterocycles. The summed E-state index contributed by atoms with van der Waals surface area (Å²) in [5.74, 6) is 0. The molecule has 2 aromatic rings. The molecular weight excluding hydrogens is 232 g/mol. The Morgan fingerprint density at radius 3 is 2.81 bits per heavy atom. The number of aromatic nitrogens is 1. The Morgan fingerprint density at radius 2 is 2.19 bits per heavy atom. The molecule has 16 heavy (non-hydrogen) atoms. The molecular formula is C11H9F2NOS. The molecule has 0 spiro atoms. The first-order chi connectivity index (χ1) is 7.70. The standard InChI is InChI=1S/C11H9F2NOS/c12-10(13)7-2-1-3-8(4-7)11-14-5-9(6-15)16-11/h1-5,10,15H,6H2. The van der Waals surface area contributed by atoms with Crippen molar-refractivity contribution in [2.24, 2.45) is 0 Å². The summed E-state index contributed by atoms with van der Waals surface area (Å²) in [7, 11) is 0. The van der Waals surface area contributed by atoms with Crippen LogP contribution in [-0.2, 0) is 6.61 Å². The Balaban J connectivity index is 2.36. The zero-order valence-electron chi connectivity index (χ0n) is 8.23. The number of hydrogen-bond donors (Lipinski definition) is 1. The van der Waals surface area contributed by atoms with Crippen molar-refractivity contribution in [3.05, 3.63) is 40.9 Å². The van der Waals surface area contributed by atoms with E-state index in [0.29, 0.717) is 10.6 Å². The number of aliphatic hydroxyl groups excluding tert-OH is 1. The van der Waals surface area contributed by atoms with Gasteiger partial charge in [-0.25, -0.2) is 13.8 Å². The van der Waals surface area contributed by atoms with Gasteiger partial charge in [-0.05, 0) is 6.07 Å². The minimum atomic E-state index is -2.47. The Labute approximate surface area is 95.2 Å². The maximum atomic E-state index is 12.5. The second-order valence-electron chi connectivity index (χ2n) is 3.22. The van der Waals surface area contributed by atoms with Crippen LogP contribution in [0.15, 0.2) is 30.5 Å². The van der Waals surface area contributed by atoms with Crippen LogP contribution in [0.5, 0.6) is 0 Å². The lowest BCUT2D eigenvalue weighted by Gasteiger charge is -2.01. The van der Waals surface area contributed by atoms with Crippen molar-refractivity contribution in [2.45, 2.75) is 13.0 Å². The molecule has 84 valence electrons. The quantitative estimate of drug-likeness (QED) is 0.894. The molecule has 5 heteroatoms. The number of hydrogen-bond acceptors (Lipinski definition) is 3. The van der Waals surface area contributed by atoms with E-state index in [1.165, 1.54) is 23.5 Å². The van der Waals surface area contributed by atoms with Crippen molar-refractivity contribution in [3.63, 3.8) is 0 Å². The van der Waals surface area contributed by atoms with Gasteiger partial charge in [0.25, 0.3) is 6.43 Å². The third kappa shape index (κ3) is 2.25. The van der Waals surface area contributed by atoms with Gasteiger partial charge in [0.1, 0.15) is 5.01 Å². The molecule has 2 rings (SSSR count). The normalized spacial score (nSPS) is 11.0. The van der Waals surface area contributed by atoms with Gasteiger partial charge >= 0.3 is 0 Å². The highest BCUT2D eigenvalue weighted by Crippen LogP contribution is 2.28. The second kappa shape index (κ2) is 4.67. The summed E-state index contributed by atoms with van der Waals surface area (Å²) in [6.45, 7) is -0.0772. The molecule has 0 radical (unpaired) electrons. The number of nitrogens with zero attached hydrogens (tertiary/aromatic N) is 1. The molecule has 0 saturated carbocycles. The highest BCUT2D eigenvalue weighted by atomic mass is 32.1. The largest absolute Gasteiger partial charge is 0.391 e. The number of alkyl halides is 2. The van der Waals surface area contributed by atoms with E-state index in [-0.39, 0.29) is 12.2 Å². The van der Waals surface area contributed by atoms with Crippen LogP contribution in [0.2, 0.25) is 0 Å². The summed E-state index contributed by atoms with van der Waals surface area (Å²) in [6, 6.07) is 6.11. The third-order valence-corrected chi connectivity index (χ3v) is 3.13. The molecule has 1 aromatic heterocycles. The van der Waals surface area contributed by atoms with Crippen molar-refractivity contribution < 1.29 is 13.9 Å². The van der Waals surface area contributed by atoms with Crippen LogP contribution in [0.4, 0.5) is 8.78 Å². The molecule has 0 unspecified atom stereocenters. The van der Waals surface area contributed by atoms with Crippen LogP contribution in [0, 0.1) is 0 Å². The summed E-state index contributed by atoms with van der Waals surface area (Å²) >= 11 is 1.30. The molecule has 2 nitrogen and oxygen atoms in total. The predicted octanol–water partition coefficient (Wildman–Crippen LogP) is 3.24. The van der Waals surface area contributed by atoms with E-state index in [2.05, 4.69) is 4.98 Å². The Hall–Kier alpha value is -1.33. The molecule has 0 fully saturated rings. The van der Waals surface area contributed by atoms with E-state index in [1.807, 2.05) is 0 Å². The zero-order chi connectivity index (χ0) is 11.5. The van der Waals surface area contributed by atoms with Crippen LogP contribution >= 0.6 is 11.3 Å². The van der Waals surface area contributed by atoms with Gasteiger partial charge in [0.2, 0.25) is 0 Å². The first-order valence-electron chi connectivity index (χ1n) is 4.64. The molecule has 1 N–H and O–H groups in total. The maximum absolute atomic E-state index is 12.5. The Bertz CT molecular complexity index is 484. The van der Waals surface area contributed by atoms with Crippen LogP contribution < -0.4 is 0 Å². The van der Waals surface area contributed by atoms with E-state index >= 15 is 0 Å². The lowest BCUT2D eigenvalue weighted by molar-refractivity contribution is 0.151. The smallest absolute Gasteiger partial charge is 0.263 e. The van der Waals surface area contributed by atoms with Gasteiger partial charge in [-0.1, -0.05) is 18.2 Å². The fraction of sp³-hybridized carbons (Fsp3) is 0.182. The van der Waals surface area contributed by atoms with Crippen molar-refractivity contribution in [1.29, 1.82) is 0 Å². The number of aliphatic hydroxyl groups is 1. The first kappa shape index (κ1) is 11.2. The topological polar surface area (TPSA) is 33.1 Å². The highest BCUT2D eigenvalue weighted by molar-refractivity contribution is 7.15. The first-order valence-corrected chi connectivity index (χ1v) is 5.46. The Kier molecular flexibility index (Phi) is 3.26. The van der Waals surface area contributed by atoms with Crippen molar-refractivity contribution >= 4 is 11.3 Å². The third-order valence-electron chi connectivity index (χ3n) is 2.09. The summed E-state index contributed by atoms with van der Waals surface area (Å²) in [5, 5.41) is 9.54. The van der Waals surface area contributed by atoms with Gasteiger partial charge in [0.05, 0.1) is 11.5 Å². The van der Waals surface area contributed by atoms with Gasteiger partial charge in [-0.2, -0.15) is 0 Å². The summed E-state index contributed by atoms with van der Waals surface area (Å²) in [4.78, 5) is 4.79. The number of benzene rings is 1. The minimum absolute atomic E-state index is 0.0155. The average molecular weight is 241 g/mol. The Morgan fingerprint density at radius 1 is 1.38 bits per heavy atom. The zero-order valence-corrected chi connectivity index (χ0v) is 9.05. The summed E-state index contributed by atoms with van der Waals surface area (Å²) < 4.78 is 25.0. The molecule has 0 atom stereocenters. The SMILES string of the molecule is OCc1cnc(-c2cccc(C(F)F)c2)s1. The average Bonchev–Trinajstić information content (AvgIpc) is 2.77. The molecule has 0 aliphatic carbocycles. The van der Waals surface area contributed by atoms with Crippen molar-refractivity contribution in [2.75, 3.05) is 0 Å². The fourth-order valence-electron chi connectivity index (χ4n) is 1.32. The van der Waals surface area contributed by atoms with Gasteiger partial charge in [0, 0.05) is 17.3 Å². The van der Waals surface area contributed by atoms with E-state index in [4.69, 9.17) is 5.11 Å². The van der Waals surface area contributed by atoms with Crippen LogP contribution in [0.3, 0.4) is 0 Å². The number of rotatable bonds is 3. The molecule has 0 aliphatic heterocycles. The molecule has 0 amide bonds. The van der Waals surface area contributed by atoms with E-state index in [9.17, 15) is 8.78 Å². The number of thiazole rings is 1. The van der Waals surface area contributed by atoms with E-state index in [1.54, 1.807) is 18.3 Å². The van der Waals surface area contributed by atoms with Gasteiger partial charge in [-0.15, -0.1) is 11.3 Å². The summed E-state index contributed by atoms with van der Waals surface area (Å²) in [6.07, 6.45) is -0.924. The van der Waals surface area contributed by atoms with Gasteiger partial charge in [-0.3, -0.25) is 0 Å². The molecule has 0 aliphatic rings. The molecule has 1 aromatic carbocycles. The van der Waals surface area contributed by atoms with Crippen molar-refractivity contribution in [3.8, 4) is 10.6 Å². The fourth-order valence-corrected chi connectivity index (χ4v) is 2.09. The lowest BCUT2D eigenvalue weighted by Crippen LogP contribution is -1.84. The van der Waals surface area contributed by atoms with E-state index in [0.717, 1.165) is 4.88 Å². The molecule has 1 heterocycles. The molecule has 0 bridgehead atoms. The van der Waals surface area contributed by atoms with E-state index < -0.39 is 6.43 Å². The highest BCUT2D eigenvalue weighted by Gasteiger charge is 2.09. The lowest BCUT2D eigenvalue weighted by atomic mass is 10.1. The number of halogens is 2. The minimum Gasteiger partial charge on any atom is -0.391 e. The maximum Gasteiger partial charge on any atom is 0.263 e. The van der Waals surface area contributed by atoms with Crippen LogP contribution in [-0.4, -0.2) is 10.1 Å². The van der Waals surface area contributed by atoms with Gasteiger partial charge < -0.3 is 5.11 Å². The predicted molar refractivity (Wildman–Crippen MR) is 58.4 cm³/mol. The van der Waals surface area contributed by atoms with Crippen LogP contribution in [0.1, 0.15) is 16.9 Å². The second-order valence-corrected chi connectivity index (χ2v) is 4.33. The monoisotopic (exact) mass is 241 g/mol.